The van der Waals surface area contributed by atoms with Crippen LogP contribution in [0.5, 0.6) is 0 Å². The molecule has 0 aliphatic carbocycles. The Labute approximate surface area is 634 Å². The topological polar surface area (TPSA) is 656 Å². The smallest absolute Gasteiger partial charge is 0.245 e. The van der Waals surface area contributed by atoms with Crippen molar-refractivity contribution in [2.45, 2.75) is 202 Å². The molecule has 2 fully saturated rings. The predicted octanol–water partition coefficient (Wildman–Crippen LogP) is -7.18. The van der Waals surface area contributed by atoms with Gasteiger partial charge in [-0.05, 0) is 87.8 Å². The summed E-state index contributed by atoms with van der Waals surface area (Å²) in [6.45, 7) is -0.201. The van der Waals surface area contributed by atoms with Crippen LogP contribution in [0, 0.1) is 10.8 Å². The number of primary amides is 2. The van der Waals surface area contributed by atoms with Crippen LogP contribution < -0.4 is 97.4 Å². The lowest BCUT2D eigenvalue weighted by molar-refractivity contribution is -0.143. The van der Waals surface area contributed by atoms with Gasteiger partial charge in [0.1, 0.15) is 66.5 Å². The van der Waals surface area contributed by atoms with Gasteiger partial charge in [-0.3, -0.25) is 82.7 Å². The minimum atomic E-state index is -1.89. The Kier molecular flexibility index (Phi) is 37.2. The minimum Gasteiger partial charge on any atom is -0.394 e. The second-order valence-corrected chi connectivity index (χ2v) is 26.8. The van der Waals surface area contributed by atoms with E-state index in [1.807, 2.05) is 6.07 Å². The standard InChI is InChI=1S/C70H106N22O18/c1-3-4-18-45(86-66(108)53(37-94)91-61(103)46(21-11-13-28-78-69(73)74)84-62(104)48(23-25-55(71)97)87-65(107)52(36-93)82-57(99)34-80-38(2)95)59(101)88-49-24-26-56(98)77-27-12-10-20-44(58(72)100)83-64(106)51(31-40-33-81-43-19-9-8-17-42(40)43)89-60(102)47(22-14-29-79-70(75)76)85-63(105)50(30-39-15-6-5-7-16-39)90-67(109)54-32-41(96)35-92(54)68(49)110/h5-9,15-17,19,33,41,44-54,81,93-94,96H,3-4,10-14,18,20-32,34-37H2,1-2H3,(H2,71,97)(H2,72,100)(H,77,98)(H,80,95)(H,82,99)(H,83,106)(H,84,104)(H,85,105)(H,86,108)(H,87,107)(H,88,101)(H,89,102)(H,90,109)(H,91,103)(H4,73,74,78)(H4,75,76,79)/t41-,44+,45+,46+,47+,48+,49+,50-,51+,52+,53+,54+/m1/s1. The lowest BCUT2D eigenvalue weighted by Crippen LogP contribution is -2.61. The second-order valence-electron chi connectivity index (χ2n) is 26.8. The Bertz CT molecular complexity index is 3710. The van der Waals surface area contributed by atoms with E-state index >= 15 is 4.79 Å². The molecule has 12 atom stereocenters. The highest BCUT2D eigenvalue weighted by Crippen LogP contribution is 2.23. The van der Waals surface area contributed by atoms with E-state index in [9.17, 15) is 82.4 Å². The van der Waals surface area contributed by atoms with Crippen LogP contribution in [0.2, 0.25) is 0 Å². The Hall–Kier alpha value is -11.6. The van der Waals surface area contributed by atoms with Crippen molar-refractivity contribution >= 4 is 111 Å². The lowest BCUT2D eigenvalue weighted by Gasteiger charge is -2.31. The van der Waals surface area contributed by atoms with Crippen molar-refractivity contribution in [3.8, 4) is 0 Å². The van der Waals surface area contributed by atoms with Gasteiger partial charge >= 0.3 is 0 Å². The molecule has 0 radical (unpaired) electrons. The molecule has 40 nitrogen and oxygen atoms in total. The number of nitrogens with one attached hydrogen (secondary N) is 17. The lowest BCUT2D eigenvalue weighted by atomic mass is 10.0. The Morgan fingerprint density at radius 3 is 1.79 bits per heavy atom. The van der Waals surface area contributed by atoms with Gasteiger partial charge in [-0.2, -0.15) is 0 Å². The van der Waals surface area contributed by atoms with Gasteiger partial charge < -0.3 is 123 Å². The number of rotatable bonds is 35. The summed E-state index contributed by atoms with van der Waals surface area (Å²) in [6, 6.07) is -1.87. The fourth-order valence-corrected chi connectivity index (χ4v) is 12.2. The van der Waals surface area contributed by atoms with Crippen molar-refractivity contribution in [3.05, 3.63) is 71.9 Å². The van der Waals surface area contributed by atoms with Gasteiger partial charge in [-0.15, -0.1) is 0 Å². The van der Waals surface area contributed by atoms with Gasteiger partial charge in [0.25, 0.3) is 0 Å². The number of nitrogens with zero attached hydrogens (tertiary/aromatic N) is 1. The number of hydrogen-bond acceptors (Lipinski definition) is 20. The number of benzene rings is 2. The third-order valence-electron chi connectivity index (χ3n) is 18.1. The number of amides is 15. The molecule has 604 valence electrons. The van der Waals surface area contributed by atoms with Gasteiger partial charge in [-0.1, -0.05) is 68.3 Å². The van der Waals surface area contributed by atoms with E-state index in [1.54, 1.807) is 61.7 Å². The van der Waals surface area contributed by atoms with Crippen LogP contribution in [0.25, 0.3) is 10.9 Å². The molecule has 3 heterocycles. The zero-order valence-corrected chi connectivity index (χ0v) is 61.6. The molecule has 2 aliphatic rings. The van der Waals surface area contributed by atoms with Crippen molar-refractivity contribution in [1.82, 2.24) is 84.3 Å². The normalized spacial score (nSPS) is 20.4. The minimum absolute atomic E-state index is 0.0189. The molecule has 40 heteroatoms. The number of guanidine groups is 2. The molecule has 0 spiro atoms. The van der Waals surface area contributed by atoms with E-state index in [1.165, 1.54) is 0 Å². The molecular formula is C70H106N22O18. The summed E-state index contributed by atoms with van der Waals surface area (Å²) in [4.78, 5) is 212. The first-order valence-corrected chi connectivity index (χ1v) is 36.5. The molecule has 1 aromatic heterocycles. The highest BCUT2D eigenvalue weighted by molar-refractivity contribution is 6.00. The molecule has 0 saturated carbocycles. The summed E-state index contributed by atoms with van der Waals surface area (Å²) in [5.74, 6) is -14.9. The monoisotopic (exact) mass is 1540 g/mol. The maximum atomic E-state index is 15.2. The van der Waals surface area contributed by atoms with Crippen LogP contribution in [0.15, 0.2) is 60.8 Å². The summed E-state index contributed by atoms with van der Waals surface area (Å²) in [6.07, 6.45) is -1.49. The molecule has 5 rings (SSSR count). The van der Waals surface area contributed by atoms with Crippen LogP contribution in [0.1, 0.15) is 128 Å². The maximum Gasteiger partial charge on any atom is 0.245 e. The van der Waals surface area contributed by atoms with E-state index < -0.39 is 220 Å². The van der Waals surface area contributed by atoms with Gasteiger partial charge in [0.2, 0.25) is 88.6 Å². The van der Waals surface area contributed by atoms with E-state index in [4.69, 9.17) is 33.8 Å². The zero-order valence-electron chi connectivity index (χ0n) is 61.6. The Morgan fingerprint density at radius 2 is 1.16 bits per heavy atom. The van der Waals surface area contributed by atoms with Crippen LogP contribution in [0.3, 0.4) is 0 Å². The van der Waals surface area contributed by atoms with E-state index in [-0.39, 0.29) is 109 Å². The third kappa shape index (κ3) is 30.2. The molecule has 110 heavy (non-hydrogen) atoms. The second kappa shape index (κ2) is 46.0. The first-order valence-electron chi connectivity index (χ1n) is 36.5. The first-order chi connectivity index (χ1) is 52.4. The van der Waals surface area contributed by atoms with E-state index in [0.29, 0.717) is 17.5 Å². The highest BCUT2D eigenvalue weighted by Gasteiger charge is 2.44. The Morgan fingerprint density at radius 1 is 0.609 bits per heavy atom. The maximum absolute atomic E-state index is 15.2. The zero-order chi connectivity index (χ0) is 81.0. The first kappa shape index (κ1) is 89.1. The van der Waals surface area contributed by atoms with Crippen LogP contribution in [-0.4, -0.2) is 244 Å². The molecule has 2 aromatic carbocycles. The summed E-state index contributed by atoms with van der Waals surface area (Å²) >= 11 is 0. The SMILES string of the molecule is CCCC[C@H](NC(=O)[C@H](CO)NC(=O)[C@H](CCCCNC(=N)N)NC(=O)[C@H](CCC(N)=O)NC(=O)[C@H](CO)NC(=O)CNC(C)=O)C(=O)N[C@H]1CCC(=O)NCCCC[C@@H](C(N)=O)NC(=O)[C@H](Cc2c[nH]c3ccccc23)NC(=O)[C@H](CCCNC(=N)N)NC(=O)[C@@H](Cc2ccccc2)NC(=O)[C@@H]2C[C@@H](O)CN2C1=O. The predicted molar refractivity (Wildman–Crippen MR) is 397 cm³/mol. The number of aromatic nitrogens is 1. The van der Waals surface area contributed by atoms with Gasteiger partial charge in [0.15, 0.2) is 11.9 Å². The molecule has 28 N–H and O–H groups in total. The number of aliphatic hydroxyl groups excluding tert-OH is 3. The van der Waals surface area contributed by atoms with Gasteiger partial charge in [0, 0.05) is 82.3 Å². The number of carbonyl (C=O) groups is 15. The van der Waals surface area contributed by atoms with Crippen LogP contribution in [0.4, 0.5) is 0 Å². The van der Waals surface area contributed by atoms with Gasteiger partial charge in [-0.25, -0.2) is 0 Å². The summed E-state index contributed by atoms with van der Waals surface area (Å²) < 4.78 is 0. The van der Waals surface area contributed by atoms with Crippen LogP contribution >= 0.6 is 0 Å². The number of hydrogen-bond donors (Lipinski definition) is 24. The number of carbonyl (C=O) groups excluding carboxylic acids is 15. The van der Waals surface area contributed by atoms with Crippen molar-refractivity contribution in [2.75, 3.05) is 45.9 Å². The van der Waals surface area contributed by atoms with E-state index in [0.717, 1.165) is 22.7 Å². The number of unbranched alkanes of at least 4 members (excludes halogenated alkanes) is 2. The fourth-order valence-electron chi connectivity index (χ4n) is 12.2. The molecule has 3 aromatic rings. The largest absolute Gasteiger partial charge is 0.394 e. The number of aliphatic hydroxyl groups is 3. The van der Waals surface area contributed by atoms with Crippen molar-refractivity contribution in [1.29, 1.82) is 10.8 Å². The fraction of sp³-hybridized carbons (Fsp3) is 0.557. The third-order valence-corrected chi connectivity index (χ3v) is 18.1. The summed E-state index contributed by atoms with van der Waals surface area (Å²) in [5, 5.41) is 83.4. The number of H-pyrrole nitrogens is 1. The molecule has 0 bridgehead atoms. The Balaban J connectivity index is 1.47. The summed E-state index contributed by atoms with van der Waals surface area (Å²) in [7, 11) is 0. The number of fused-ring (bicyclic) bond motifs is 2. The quantitative estimate of drug-likeness (QED) is 0.0148. The number of para-hydroxylation sites is 1. The van der Waals surface area contributed by atoms with Crippen LogP contribution in [-0.2, 0) is 84.8 Å². The van der Waals surface area contributed by atoms with Gasteiger partial charge in [0.05, 0.1) is 25.9 Å². The average molecular weight is 1540 g/mol. The molecule has 0 unspecified atom stereocenters. The van der Waals surface area contributed by atoms with Crippen molar-refractivity contribution < 1.29 is 87.2 Å². The number of aromatic amines is 1. The average Bonchev–Trinajstić information content (AvgIpc) is 1.64. The number of nitrogens with two attached hydrogens (primary N) is 4. The van der Waals surface area contributed by atoms with E-state index in [2.05, 4.69) is 79.4 Å². The molecule has 15 amide bonds. The highest BCUT2D eigenvalue weighted by atomic mass is 16.3. The molecular weight excluding hydrogens is 1440 g/mol. The van der Waals surface area contributed by atoms with Crippen molar-refractivity contribution in [2.24, 2.45) is 22.9 Å². The van der Waals surface area contributed by atoms with Crippen molar-refractivity contribution in [3.63, 3.8) is 0 Å². The molecule has 2 aliphatic heterocycles. The summed E-state index contributed by atoms with van der Waals surface area (Å²) in [5.41, 5.74) is 24.0. The molecule has 2 saturated heterocycles.